The Hall–Kier alpha value is -0.240. The zero-order valence-electron chi connectivity index (χ0n) is 8.96. The summed E-state index contributed by atoms with van der Waals surface area (Å²) in [5.41, 5.74) is 0. The standard InChI is InChI=1S/C11H19ClO2/c1-8(2)9-5-3-4-6-10(9)14-11(13)7-12/h8-10H,3-7H2,1-2H3. The molecule has 1 fully saturated rings. The fraction of sp³-hybridized carbons (Fsp3) is 0.909. The van der Waals surface area contributed by atoms with Crippen LogP contribution in [-0.4, -0.2) is 18.0 Å². The lowest BCUT2D eigenvalue weighted by Gasteiger charge is -2.33. The summed E-state index contributed by atoms with van der Waals surface area (Å²) in [6.45, 7) is 4.38. The Morgan fingerprint density at radius 3 is 2.64 bits per heavy atom. The minimum absolute atomic E-state index is 0.0265. The highest BCUT2D eigenvalue weighted by atomic mass is 35.5. The summed E-state index contributed by atoms with van der Waals surface area (Å²) in [6, 6.07) is 0. The van der Waals surface area contributed by atoms with E-state index in [1.807, 2.05) is 0 Å². The zero-order valence-corrected chi connectivity index (χ0v) is 9.72. The summed E-state index contributed by atoms with van der Waals surface area (Å²) in [6.07, 6.45) is 4.72. The van der Waals surface area contributed by atoms with Gasteiger partial charge in [0.15, 0.2) is 0 Å². The Bertz CT molecular complexity index is 192. The van der Waals surface area contributed by atoms with Gasteiger partial charge in [0.2, 0.25) is 0 Å². The van der Waals surface area contributed by atoms with Gasteiger partial charge >= 0.3 is 5.97 Å². The molecular weight excluding hydrogens is 200 g/mol. The molecule has 2 nitrogen and oxygen atoms in total. The second-order valence-corrected chi connectivity index (χ2v) is 4.62. The Labute approximate surface area is 91.0 Å². The van der Waals surface area contributed by atoms with E-state index in [9.17, 15) is 4.79 Å². The van der Waals surface area contributed by atoms with Gasteiger partial charge in [0.05, 0.1) is 0 Å². The molecule has 0 bridgehead atoms. The van der Waals surface area contributed by atoms with Crippen LogP contribution in [0.15, 0.2) is 0 Å². The Morgan fingerprint density at radius 2 is 2.07 bits per heavy atom. The van der Waals surface area contributed by atoms with E-state index in [1.165, 1.54) is 19.3 Å². The summed E-state index contributed by atoms with van der Waals surface area (Å²) < 4.78 is 5.34. The molecule has 1 rings (SSSR count). The predicted octanol–water partition coefficient (Wildman–Crippen LogP) is 2.98. The van der Waals surface area contributed by atoms with Gasteiger partial charge in [-0.15, -0.1) is 11.6 Å². The van der Waals surface area contributed by atoms with Crippen LogP contribution < -0.4 is 0 Å². The van der Waals surface area contributed by atoms with Crippen molar-refractivity contribution in [1.29, 1.82) is 0 Å². The smallest absolute Gasteiger partial charge is 0.321 e. The largest absolute Gasteiger partial charge is 0.461 e. The van der Waals surface area contributed by atoms with E-state index < -0.39 is 0 Å². The minimum atomic E-state index is -0.274. The normalized spacial score (nSPS) is 27.7. The summed E-state index contributed by atoms with van der Waals surface area (Å²) >= 11 is 5.42. The first-order valence-corrected chi connectivity index (χ1v) is 5.94. The van der Waals surface area contributed by atoms with Crippen LogP contribution in [0, 0.1) is 11.8 Å². The molecule has 1 aliphatic carbocycles. The highest BCUT2D eigenvalue weighted by Gasteiger charge is 2.30. The van der Waals surface area contributed by atoms with E-state index in [4.69, 9.17) is 16.3 Å². The Kier molecular flexibility index (Phi) is 4.73. The van der Waals surface area contributed by atoms with Crippen molar-refractivity contribution < 1.29 is 9.53 Å². The van der Waals surface area contributed by atoms with Crippen LogP contribution in [0.2, 0.25) is 0 Å². The Balaban J connectivity index is 2.49. The third kappa shape index (κ3) is 3.16. The molecule has 0 heterocycles. The fourth-order valence-corrected chi connectivity index (χ4v) is 2.30. The predicted molar refractivity (Wildman–Crippen MR) is 57.4 cm³/mol. The first-order valence-electron chi connectivity index (χ1n) is 5.40. The van der Waals surface area contributed by atoms with E-state index in [2.05, 4.69) is 13.8 Å². The summed E-state index contributed by atoms with van der Waals surface area (Å²) in [5, 5.41) is 0. The molecule has 0 spiro atoms. The van der Waals surface area contributed by atoms with Crippen molar-refractivity contribution in [2.45, 2.75) is 45.6 Å². The van der Waals surface area contributed by atoms with Gasteiger partial charge in [0.1, 0.15) is 12.0 Å². The van der Waals surface area contributed by atoms with Gasteiger partial charge in [0, 0.05) is 0 Å². The van der Waals surface area contributed by atoms with Crippen LogP contribution in [0.3, 0.4) is 0 Å². The zero-order chi connectivity index (χ0) is 10.6. The summed E-state index contributed by atoms with van der Waals surface area (Å²) in [5.74, 6) is 0.810. The van der Waals surface area contributed by atoms with Crippen molar-refractivity contribution in [2.24, 2.45) is 11.8 Å². The number of alkyl halides is 1. The SMILES string of the molecule is CC(C)C1CCCCC1OC(=O)CCl. The lowest BCUT2D eigenvalue weighted by Crippen LogP contribution is -2.33. The van der Waals surface area contributed by atoms with Gasteiger partial charge in [-0.3, -0.25) is 4.79 Å². The monoisotopic (exact) mass is 218 g/mol. The van der Waals surface area contributed by atoms with Gasteiger partial charge in [-0.25, -0.2) is 0 Å². The third-order valence-corrected chi connectivity index (χ3v) is 3.22. The van der Waals surface area contributed by atoms with E-state index in [0.29, 0.717) is 11.8 Å². The minimum Gasteiger partial charge on any atom is -0.461 e. The molecule has 0 aromatic carbocycles. The molecule has 0 aromatic heterocycles. The number of halogens is 1. The van der Waals surface area contributed by atoms with Crippen LogP contribution in [0.4, 0.5) is 0 Å². The molecule has 0 radical (unpaired) electrons. The molecule has 2 atom stereocenters. The number of hydrogen-bond donors (Lipinski definition) is 0. The molecule has 0 amide bonds. The van der Waals surface area contributed by atoms with Gasteiger partial charge in [-0.05, 0) is 31.1 Å². The number of carbonyl (C=O) groups excluding carboxylic acids is 1. The average molecular weight is 219 g/mol. The van der Waals surface area contributed by atoms with E-state index in [1.54, 1.807) is 0 Å². The van der Waals surface area contributed by atoms with Gasteiger partial charge in [-0.2, -0.15) is 0 Å². The van der Waals surface area contributed by atoms with Gasteiger partial charge in [0.25, 0.3) is 0 Å². The van der Waals surface area contributed by atoms with Crippen LogP contribution in [0.1, 0.15) is 39.5 Å². The van der Waals surface area contributed by atoms with E-state index in [0.717, 1.165) is 6.42 Å². The maximum Gasteiger partial charge on any atom is 0.321 e. The molecule has 82 valence electrons. The molecule has 1 aliphatic rings. The summed E-state index contributed by atoms with van der Waals surface area (Å²) in [4.78, 5) is 11.1. The van der Waals surface area contributed by atoms with Crippen molar-refractivity contribution in [3.05, 3.63) is 0 Å². The number of hydrogen-bond acceptors (Lipinski definition) is 2. The number of esters is 1. The lowest BCUT2D eigenvalue weighted by molar-refractivity contribution is -0.151. The topological polar surface area (TPSA) is 26.3 Å². The molecule has 1 saturated carbocycles. The van der Waals surface area contributed by atoms with Crippen molar-refractivity contribution in [1.82, 2.24) is 0 Å². The second-order valence-electron chi connectivity index (χ2n) is 4.35. The maximum atomic E-state index is 11.1. The van der Waals surface area contributed by atoms with E-state index in [-0.39, 0.29) is 18.0 Å². The lowest BCUT2D eigenvalue weighted by atomic mass is 9.79. The maximum absolute atomic E-state index is 11.1. The third-order valence-electron chi connectivity index (χ3n) is 3.00. The fourth-order valence-electron chi connectivity index (χ4n) is 2.23. The quantitative estimate of drug-likeness (QED) is 0.538. The molecule has 0 aliphatic heterocycles. The van der Waals surface area contributed by atoms with Crippen molar-refractivity contribution in [3.8, 4) is 0 Å². The molecule has 0 saturated heterocycles. The second kappa shape index (κ2) is 5.59. The van der Waals surface area contributed by atoms with E-state index >= 15 is 0 Å². The van der Waals surface area contributed by atoms with Crippen molar-refractivity contribution >= 4 is 17.6 Å². The molecule has 14 heavy (non-hydrogen) atoms. The molecule has 3 heteroatoms. The van der Waals surface area contributed by atoms with Crippen LogP contribution in [0.25, 0.3) is 0 Å². The van der Waals surface area contributed by atoms with Crippen molar-refractivity contribution in [3.63, 3.8) is 0 Å². The highest BCUT2D eigenvalue weighted by Crippen LogP contribution is 2.32. The van der Waals surface area contributed by atoms with Crippen molar-refractivity contribution in [2.75, 3.05) is 5.88 Å². The molecular formula is C11H19ClO2. The number of rotatable bonds is 3. The Morgan fingerprint density at radius 1 is 1.43 bits per heavy atom. The molecule has 0 N–H and O–H groups in total. The first kappa shape index (κ1) is 11.8. The van der Waals surface area contributed by atoms with Crippen LogP contribution in [0.5, 0.6) is 0 Å². The molecule has 0 aromatic rings. The first-order chi connectivity index (χ1) is 6.65. The average Bonchev–Trinajstić information content (AvgIpc) is 2.18. The number of carbonyl (C=O) groups is 1. The van der Waals surface area contributed by atoms with Crippen LogP contribution in [-0.2, 0) is 9.53 Å². The highest BCUT2D eigenvalue weighted by molar-refractivity contribution is 6.26. The number of ether oxygens (including phenoxy) is 1. The van der Waals surface area contributed by atoms with Crippen LogP contribution >= 0.6 is 11.6 Å². The van der Waals surface area contributed by atoms with Gasteiger partial charge in [-0.1, -0.05) is 20.3 Å². The van der Waals surface area contributed by atoms with Gasteiger partial charge < -0.3 is 4.74 Å². The summed E-state index contributed by atoms with van der Waals surface area (Å²) in [7, 11) is 0. The molecule has 2 unspecified atom stereocenters.